The largest absolute Gasteiger partial charge is 0.395 e. The molecule has 0 radical (unpaired) electrons. The van der Waals surface area contributed by atoms with Gasteiger partial charge in [-0.2, -0.15) is 0 Å². The molecule has 0 aliphatic carbocycles. The molecular weight excluding hydrogens is 364 g/mol. The fourth-order valence-corrected chi connectivity index (χ4v) is 5.00. The highest BCUT2D eigenvalue weighted by Crippen LogP contribution is 2.44. The molecule has 2 aliphatic heterocycles. The first-order valence-corrected chi connectivity index (χ1v) is 10.1. The molecule has 0 saturated carbocycles. The van der Waals surface area contributed by atoms with Crippen molar-refractivity contribution in [1.82, 2.24) is 15.3 Å². The van der Waals surface area contributed by atoms with Crippen LogP contribution < -0.4 is 10.2 Å². The van der Waals surface area contributed by atoms with Gasteiger partial charge in [-0.25, -0.2) is 9.97 Å². The number of hydrogen-bond acceptors (Lipinski definition) is 7. The Morgan fingerprint density at radius 3 is 3.00 bits per heavy atom. The quantitative estimate of drug-likeness (QED) is 0.828. The minimum absolute atomic E-state index is 0.0548. The summed E-state index contributed by atoms with van der Waals surface area (Å²) in [5.41, 5.74) is 1.81. The molecule has 8 heteroatoms. The normalized spacial score (nSPS) is 18.4. The van der Waals surface area contributed by atoms with E-state index in [9.17, 15) is 4.79 Å². The van der Waals surface area contributed by atoms with Crippen LogP contribution in [0.15, 0.2) is 18.3 Å². The molecule has 0 aromatic carbocycles. The summed E-state index contributed by atoms with van der Waals surface area (Å²) in [6, 6.07) is 3.89. The van der Waals surface area contributed by atoms with Gasteiger partial charge < -0.3 is 20.1 Å². The maximum atomic E-state index is 12.3. The minimum atomic E-state index is -0.320. The number of ether oxygens (including phenoxy) is 1. The zero-order valence-corrected chi connectivity index (χ0v) is 16.2. The third kappa shape index (κ3) is 3.56. The van der Waals surface area contributed by atoms with Crippen LogP contribution in [0.3, 0.4) is 0 Å². The summed E-state index contributed by atoms with van der Waals surface area (Å²) in [7, 11) is 0. The number of carbonyl (C=O) groups is 1. The Bertz CT molecular complexity index is 830. The van der Waals surface area contributed by atoms with Crippen molar-refractivity contribution >= 4 is 23.2 Å². The summed E-state index contributed by atoms with van der Waals surface area (Å²) in [6.07, 6.45) is 4.35. The Hall–Kier alpha value is -2.03. The molecule has 4 heterocycles. The minimum Gasteiger partial charge on any atom is -0.395 e. The van der Waals surface area contributed by atoms with Crippen molar-refractivity contribution in [3.05, 3.63) is 39.3 Å². The Kier molecular flexibility index (Phi) is 5.12. The fourth-order valence-electron chi connectivity index (χ4n) is 3.85. The molecule has 0 bridgehead atoms. The predicted octanol–water partition coefficient (Wildman–Crippen LogP) is 1.64. The molecule has 1 spiro atoms. The molecule has 7 nitrogen and oxygen atoms in total. The van der Waals surface area contributed by atoms with Crippen LogP contribution in [0.5, 0.6) is 0 Å². The highest BCUT2D eigenvalue weighted by Gasteiger charge is 2.42. The van der Waals surface area contributed by atoms with Gasteiger partial charge in [0.25, 0.3) is 5.91 Å². The van der Waals surface area contributed by atoms with Crippen LogP contribution in [-0.2, 0) is 16.8 Å². The van der Waals surface area contributed by atoms with E-state index in [1.54, 1.807) is 17.5 Å². The summed E-state index contributed by atoms with van der Waals surface area (Å²) in [6.45, 7) is 4.53. The van der Waals surface area contributed by atoms with E-state index >= 15 is 0 Å². The van der Waals surface area contributed by atoms with Crippen LogP contribution in [0, 0.1) is 6.92 Å². The highest BCUT2D eigenvalue weighted by atomic mass is 32.1. The van der Waals surface area contributed by atoms with Crippen LogP contribution in [0.2, 0.25) is 0 Å². The van der Waals surface area contributed by atoms with E-state index in [2.05, 4.69) is 20.2 Å². The topological polar surface area (TPSA) is 87.6 Å². The molecule has 0 unspecified atom stereocenters. The number of hydrogen-bond donors (Lipinski definition) is 2. The molecule has 1 saturated heterocycles. The molecule has 2 aliphatic rings. The first-order valence-electron chi connectivity index (χ1n) is 9.32. The average molecular weight is 388 g/mol. The molecule has 4 rings (SSSR count). The second-order valence-electron chi connectivity index (χ2n) is 7.00. The van der Waals surface area contributed by atoms with Crippen molar-refractivity contribution in [3.63, 3.8) is 0 Å². The van der Waals surface area contributed by atoms with Gasteiger partial charge in [0.2, 0.25) is 5.95 Å². The van der Waals surface area contributed by atoms with Crippen LogP contribution >= 0.6 is 11.3 Å². The van der Waals surface area contributed by atoms with Crippen molar-refractivity contribution in [2.45, 2.75) is 31.8 Å². The second-order valence-corrected chi connectivity index (χ2v) is 8.14. The summed E-state index contributed by atoms with van der Waals surface area (Å²) in [5, 5.41) is 11.7. The Morgan fingerprint density at radius 1 is 1.44 bits per heavy atom. The van der Waals surface area contributed by atoms with Gasteiger partial charge in [0.1, 0.15) is 0 Å². The van der Waals surface area contributed by atoms with Gasteiger partial charge in [0.05, 0.1) is 23.7 Å². The van der Waals surface area contributed by atoms with Gasteiger partial charge in [0, 0.05) is 42.8 Å². The number of nitrogens with one attached hydrogen (secondary N) is 1. The van der Waals surface area contributed by atoms with Crippen LogP contribution in [0.1, 0.15) is 38.6 Å². The van der Waals surface area contributed by atoms with Gasteiger partial charge in [0.15, 0.2) is 0 Å². The SMILES string of the molecule is Cc1ccnc(N2CCC3(CC2)OCCc2sc(C(=O)NCCO)cc23)n1. The Balaban J connectivity index is 1.53. The molecule has 2 aromatic heterocycles. The van der Waals surface area contributed by atoms with Crippen molar-refractivity contribution in [2.75, 3.05) is 37.7 Å². The Labute approximate surface area is 162 Å². The molecule has 144 valence electrons. The van der Waals surface area contributed by atoms with Crippen molar-refractivity contribution in [3.8, 4) is 0 Å². The maximum Gasteiger partial charge on any atom is 0.261 e. The van der Waals surface area contributed by atoms with E-state index in [-0.39, 0.29) is 24.7 Å². The predicted molar refractivity (Wildman–Crippen MR) is 103 cm³/mol. The third-order valence-corrected chi connectivity index (χ3v) is 6.46. The number of thiophene rings is 1. The smallest absolute Gasteiger partial charge is 0.261 e. The van der Waals surface area contributed by atoms with E-state index in [0.29, 0.717) is 11.5 Å². The lowest BCUT2D eigenvalue weighted by atomic mass is 9.82. The van der Waals surface area contributed by atoms with E-state index in [0.717, 1.165) is 49.6 Å². The number of aryl methyl sites for hydroxylation is 1. The number of piperidine rings is 1. The number of aliphatic hydroxyl groups is 1. The first kappa shape index (κ1) is 18.3. The molecule has 0 atom stereocenters. The molecule has 2 aromatic rings. The van der Waals surface area contributed by atoms with Crippen molar-refractivity contribution in [2.24, 2.45) is 0 Å². The standard InChI is InChI=1S/C19H24N4O3S/c1-13-2-6-21-18(22-13)23-8-4-19(5-9-23)14-12-16(17(25)20-7-10-24)27-15(14)3-11-26-19/h2,6,12,24H,3-5,7-11H2,1H3,(H,20,25). The number of nitrogens with zero attached hydrogens (tertiary/aromatic N) is 3. The first-order chi connectivity index (χ1) is 13.1. The summed E-state index contributed by atoms with van der Waals surface area (Å²) in [5.74, 6) is 0.652. The number of rotatable bonds is 4. The lowest BCUT2D eigenvalue weighted by Gasteiger charge is -2.44. The lowest BCUT2D eigenvalue weighted by molar-refractivity contribution is -0.0758. The molecular formula is C19H24N4O3S. The second kappa shape index (κ2) is 7.53. The number of aliphatic hydroxyl groups excluding tert-OH is 1. The molecule has 2 N–H and O–H groups in total. The number of carbonyl (C=O) groups excluding carboxylic acids is 1. The number of aromatic nitrogens is 2. The fraction of sp³-hybridized carbons (Fsp3) is 0.526. The van der Waals surface area contributed by atoms with Gasteiger partial charge in [-0.3, -0.25) is 4.79 Å². The molecule has 27 heavy (non-hydrogen) atoms. The van der Waals surface area contributed by atoms with Gasteiger partial charge >= 0.3 is 0 Å². The number of amides is 1. The number of anilines is 1. The van der Waals surface area contributed by atoms with E-state index in [4.69, 9.17) is 9.84 Å². The molecule has 1 fully saturated rings. The van der Waals surface area contributed by atoms with Gasteiger partial charge in [-0.1, -0.05) is 0 Å². The maximum absolute atomic E-state index is 12.3. The zero-order valence-electron chi connectivity index (χ0n) is 15.4. The van der Waals surface area contributed by atoms with Crippen LogP contribution in [0.4, 0.5) is 5.95 Å². The van der Waals surface area contributed by atoms with Gasteiger partial charge in [-0.05, 0) is 37.5 Å². The molecule has 1 amide bonds. The zero-order chi connectivity index (χ0) is 18.9. The number of fused-ring (bicyclic) bond motifs is 2. The van der Waals surface area contributed by atoms with Crippen molar-refractivity contribution in [1.29, 1.82) is 0 Å². The monoisotopic (exact) mass is 388 g/mol. The average Bonchev–Trinajstić information content (AvgIpc) is 3.13. The highest BCUT2D eigenvalue weighted by molar-refractivity contribution is 7.14. The van der Waals surface area contributed by atoms with Crippen LogP contribution in [0.25, 0.3) is 0 Å². The Morgan fingerprint density at radius 2 is 2.26 bits per heavy atom. The van der Waals surface area contributed by atoms with Gasteiger partial charge in [-0.15, -0.1) is 11.3 Å². The summed E-state index contributed by atoms with van der Waals surface area (Å²) in [4.78, 5) is 25.4. The van der Waals surface area contributed by atoms with Crippen LogP contribution in [-0.4, -0.2) is 53.8 Å². The van der Waals surface area contributed by atoms with E-state index in [1.807, 2.05) is 19.1 Å². The summed E-state index contributed by atoms with van der Waals surface area (Å²) >= 11 is 1.55. The summed E-state index contributed by atoms with van der Waals surface area (Å²) < 4.78 is 6.28. The van der Waals surface area contributed by atoms with Crippen molar-refractivity contribution < 1.29 is 14.6 Å². The third-order valence-electron chi connectivity index (χ3n) is 5.26. The lowest BCUT2D eigenvalue weighted by Crippen LogP contribution is -2.46. The van der Waals surface area contributed by atoms with E-state index < -0.39 is 0 Å². The van der Waals surface area contributed by atoms with E-state index in [1.165, 1.54) is 4.88 Å².